The average molecular weight is 289 g/mol. The Bertz CT molecular complexity index is 431. The van der Waals surface area contributed by atoms with E-state index in [1.807, 2.05) is 0 Å². The molecule has 8 heteroatoms. The first-order valence-electron chi connectivity index (χ1n) is 4.82. The second kappa shape index (κ2) is 4.97. The Kier molecular flexibility index (Phi) is 4.17. The van der Waals surface area contributed by atoms with Crippen LogP contribution in [0.3, 0.4) is 0 Å². The zero-order valence-corrected chi connectivity index (χ0v) is 9.99. The quantitative estimate of drug-likeness (QED) is 0.685. The highest BCUT2D eigenvalue weighted by Crippen LogP contribution is 2.32. The van der Waals surface area contributed by atoms with Crippen molar-refractivity contribution in [3.05, 3.63) is 28.5 Å². The van der Waals surface area contributed by atoms with E-state index in [-0.39, 0.29) is 10.7 Å². The predicted octanol–water partition coefficient (Wildman–Crippen LogP) is 3.28. The van der Waals surface area contributed by atoms with E-state index in [1.165, 1.54) is 0 Å². The fraction of sp³-hybridized carbons (Fsp3) is 0.500. The molecule has 2 nitrogen and oxygen atoms in total. The van der Waals surface area contributed by atoms with Crippen LogP contribution < -0.4 is 5.73 Å². The van der Waals surface area contributed by atoms with Gasteiger partial charge in [-0.1, -0.05) is 11.6 Å². The molecule has 0 saturated heterocycles. The van der Waals surface area contributed by atoms with Gasteiger partial charge in [-0.15, -0.1) is 0 Å². The van der Waals surface area contributed by atoms with Gasteiger partial charge in [0.25, 0.3) is 6.43 Å². The van der Waals surface area contributed by atoms with Crippen LogP contribution in [0.15, 0.2) is 12.3 Å². The van der Waals surface area contributed by atoms with Gasteiger partial charge in [-0.2, -0.15) is 13.2 Å². The largest absolute Gasteiger partial charge is 0.417 e. The smallest absolute Gasteiger partial charge is 0.320 e. The molecule has 1 atom stereocenters. The van der Waals surface area contributed by atoms with Crippen molar-refractivity contribution in [3.63, 3.8) is 0 Å². The highest BCUT2D eigenvalue weighted by Gasteiger charge is 2.34. The Balaban J connectivity index is 3.10. The molecule has 18 heavy (non-hydrogen) atoms. The number of pyridine rings is 1. The van der Waals surface area contributed by atoms with Crippen molar-refractivity contribution in [2.45, 2.75) is 31.5 Å². The Morgan fingerprint density at radius 1 is 1.39 bits per heavy atom. The lowest BCUT2D eigenvalue weighted by Crippen LogP contribution is -2.46. The maximum absolute atomic E-state index is 12.6. The van der Waals surface area contributed by atoms with Crippen molar-refractivity contribution in [2.24, 2.45) is 5.73 Å². The molecule has 0 spiro atoms. The van der Waals surface area contributed by atoms with Crippen LogP contribution in [0.5, 0.6) is 0 Å². The molecule has 0 radical (unpaired) electrons. The molecule has 0 bridgehead atoms. The Labute approximate surface area is 105 Å². The van der Waals surface area contributed by atoms with Gasteiger partial charge >= 0.3 is 6.18 Å². The number of nitrogens with zero attached hydrogens (tertiary/aromatic N) is 1. The number of hydrogen-bond acceptors (Lipinski definition) is 2. The van der Waals surface area contributed by atoms with E-state index in [1.54, 1.807) is 0 Å². The summed E-state index contributed by atoms with van der Waals surface area (Å²) in [6.45, 7) is 1.04. The molecule has 1 rings (SSSR count). The van der Waals surface area contributed by atoms with Crippen LogP contribution in [0.4, 0.5) is 22.0 Å². The standard InChI is InChI=1S/C10H10ClF5N2/c1-9(17,8(12)13)3-5-2-6(10(14,15)16)4-18-7(5)11/h2,4,8H,3,17H2,1H3. The van der Waals surface area contributed by atoms with Crippen LogP contribution >= 0.6 is 11.6 Å². The second-order valence-corrected chi connectivity index (χ2v) is 4.51. The zero-order chi connectivity index (χ0) is 14.1. The van der Waals surface area contributed by atoms with Gasteiger partial charge in [0, 0.05) is 6.20 Å². The number of alkyl halides is 5. The number of rotatable bonds is 3. The molecule has 1 aromatic rings. The Morgan fingerprint density at radius 3 is 2.39 bits per heavy atom. The van der Waals surface area contributed by atoms with Crippen molar-refractivity contribution in [2.75, 3.05) is 0 Å². The minimum Gasteiger partial charge on any atom is -0.320 e. The van der Waals surface area contributed by atoms with Crippen molar-refractivity contribution >= 4 is 11.6 Å². The first-order valence-corrected chi connectivity index (χ1v) is 5.20. The summed E-state index contributed by atoms with van der Waals surface area (Å²) in [6.07, 6.45) is -7.45. The number of aromatic nitrogens is 1. The normalized spacial score (nSPS) is 15.8. The van der Waals surface area contributed by atoms with E-state index in [9.17, 15) is 22.0 Å². The minimum absolute atomic E-state index is 0.156. The minimum atomic E-state index is -4.61. The summed E-state index contributed by atoms with van der Waals surface area (Å²) >= 11 is 5.58. The summed E-state index contributed by atoms with van der Waals surface area (Å²) in [4.78, 5) is 3.33. The predicted molar refractivity (Wildman–Crippen MR) is 56.5 cm³/mol. The van der Waals surface area contributed by atoms with Gasteiger partial charge in [0.05, 0.1) is 11.1 Å². The summed E-state index contributed by atoms with van der Waals surface area (Å²) in [5.74, 6) is 0. The van der Waals surface area contributed by atoms with E-state index >= 15 is 0 Å². The maximum Gasteiger partial charge on any atom is 0.417 e. The Hall–Kier alpha value is -0.950. The van der Waals surface area contributed by atoms with Crippen LogP contribution in [0.2, 0.25) is 5.15 Å². The fourth-order valence-corrected chi connectivity index (χ4v) is 1.43. The molecule has 0 aliphatic rings. The molecule has 0 amide bonds. The van der Waals surface area contributed by atoms with Crippen molar-refractivity contribution in [1.82, 2.24) is 4.98 Å². The lowest BCUT2D eigenvalue weighted by atomic mass is 9.94. The van der Waals surface area contributed by atoms with E-state index in [4.69, 9.17) is 17.3 Å². The third-order valence-corrected chi connectivity index (χ3v) is 2.65. The maximum atomic E-state index is 12.6. The van der Waals surface area contributed by atoms with E-state index < -0.39 is 30.1 Å². The van der Waals surface area contributed by atoms with Crippen LogP contribution in [-0.2, 0) is 12.6 Å². The average Bonchev–Trinajstić information content (AvgIpc) is 2.19. The summed E-state index contributed by atoms with van der Waals surface area (Å²) in [7, 11) is 0. The molecule has 0 fully saturated rings. The molecule has 1 aromatic heterocycles. The summed E-state index contributed by atoms with van der Waals surface area (Å²) in [6, 6.07) is 0.683. The van der Waals surface area contributed by atoms with Crippen molar-refractivity contribution in [1.29, 1.82) is 0 Å². The highest BCUT2D eigenvalue weighted by molar-refractivity contribution is 6.30. The fourth-order valence-electron chi connectivity index (χ4n) is 1.26. The van der Waals surface area contributed by atoms with Crippen molar-refractivity contribution < 1.29 is 22.0 Å². The topological polar surface area (TPSA) is 38.9 Å². The van der Waals surface area contributed by atoms with Crippen LogP contribution in [0.25, 0.3) is 0 Å². The number of halogens is 6. The van der Waals surface area contributed by atoms with Crippen molar-refractivity contribution in [3.8, 4) is 0 Å². The van der Waals surface area contributed by atoms with Crippen LogP contribution in [-0.4, -0.2) is 16.9 Å². The van der Waals surface area contributed by atoms with E-state index in [0.717, 1.165) is 6.92 Å². The van der Waals surface area contributed by atoms with Gasteiger partial charge in [0.1, 0.15) is 5.15 Å². The first-order chi connectivity index (χ1) is 8.04. The molecular weight excluding hydrogens is 279 g/mol. The van der Waals surface area contributed by atoms with Gasteiger partial charge in [0.15, 0.2) is 0 Å². The van der Waals surface area contributed by atoms with Gasteiger partial charge in [-0.25, -0.2) is 13.8 Å². The SMILES string of the molecule is CC(N)(Cc1cc(C(F)(F)F)cnc1Cl)C(F)F. The number of hydrogen-bond donors (Lipinski definition) is 1. The van der Waals surface area contributed by atoms with Gasteiger partial charge in [-0.3, -0.25) is 0 Å². The molecule has 0 saturated carbocycles. The molecular formula is C10H10ClF5N2. The second-order valence-electron chi connectivity index (χ2n) is 4.15. The van der Waals surface area contributed by atoms with Crippen LogP contribution in [0.1, 0.15) is 18.1 Å². The summed E-state index contributed by atoms with van der Waals surface area (Å²) in [5.41, 5.74) is 2.13. The molecule has 1 heterocycles. The van der Waals surface area contributed by atoms with Gasteiger partial charge in [0.2, 0.25) is 0 Å². The number of nitrogens with two attached hydrogens (primary N) is 1. The zero-order valence-electron chi connectivity index (χ0n) is 9.23. The van der Waals surface area contributed by atoms with Gasteiger partial charge in [-0.05, 0) is 25.0 Å². The monoisotopic (exact) mass is 288 g/mol. The molecule has 2 N–H and O–H groups in total. The third kappa shape index (κ3) is 3.52. The molecule has 102 valence electrons. The summed E-state index contributed by atoms with van der Waals surface area (Å²) in [5, 5.41) is -0.264. The van der Waals surface area contributed by atoms with Gasteiger partial charge < -0.3 is 5.73 Å². The van der Waals surface area contributed by atoms with E-state index in [0.29, 0.717) is 12.3 Å². The third-order valence-electron chi connectivity index (χ3n) is 2.31. The molecule has 1 unspecified atom stereocenters. The Morgan fingerprint density at radius 2 is 1.94 bits per heavy atom. The first kappa shape index (κ1) is 15.1. The molecule has 0 aliphatic heterocycles. The van der Waals surface area contributed by atoms with Crippen LogP contribution in [0, 0.1) is 0 Å². The highest BCUT2D eigenvalue weighted by atomic mass is 35.5. The lowest BCUT2D eigenvalue weighted by molar-refractivity contribution is -0.137. The lowest BCUT2D eigenvalue weighted by Gasteiger charge is -2.24. The molecule has 0 aliphatic carbocycles. The molecule has 0 aromatic carbocycles. The summed E-state index contributed by atoms with van der Waals surface area (Å²) < 4.78 is 62.4. The van der Waals surface area contributed by atoms with E-state index in [2.05, 4.69) is 4.98 Å².